The van der Waals surface area contributed by atoms with Crippen LogP contribution >= 0.6 is 15.9 Å². The molecule has 0 aliphatic rings. The fourth-order valence-electron chi connectivity index (χ4n) is 1.05. The fourth-order valence-corrected chi connectivity index (χ4v) is 1.29. The normalized spacial score (nSPS) is 10.1. The van der Waals surface area contributed by atoms with Gasteiger partial charge in [0.1, 0.15) is 0 Å². The molecule has 2 aromatic heterocycles. The minimum Gasteiger partial charge on any atom is -0.304 e. The minimum atomic E-state index is -0.368. The summed E-state index contributed by atoms with van der Waals surface area (Å²) < 4.78 is 0.901. The molecule has 2 rings (SSSR count). The van der Waals surface area contributed by atoms with Crippen LogP contribution in [0.2, 0.25) is 0 Å². The molecule has 2 heterocycles. The minimum absolute atomic E-state index is 0.368. The number of halogens is 1. The van der Waals surface area contributed by atoms with Gasteiger partial charge >= 0.3 is 5.69 Å². The molecular formula is C9H6BrN3O. The van der Waals surface area contributed by atoms with E-state index < -0.39 is 0 Å². The van der Waals surface area contributed by atoms with Crippen molar-refractivity contribution in [2.24, 2.45) is 0 Å². The second-order valence-corrected chi connectivity index (χ2v) is 3.57. The van der Waals surface area contributed by atoms with Crippen molar-refractivity contribution in [3.05, 3.63) is 45.5 Å². The van der Waals surface area contributed by atoms with Crippen LogP contribution in [0, 0.1) is 0 Å². The summed E-state index contributed by atoms with van der Waals surface area (Å²) in [4.78, 5) is 21.2. The molecule has 4 nitrogen and oxygen atoms in total. The Bertz CT molecular complexity index is 492. The number of aromatic amines is 1. The Morgan fingerprint density at radius 2 is 2.07 bits per heavy atom. The van der Waals surface area contributed by atoms with E-state index in [1.165, 1.54) is 6.20 Å². The van der Waals surface area contributed by atoms with Gasteiger partial charge in [0, 0.05) is 16.9 Å². The van der Waals surface area contributed by atoms with Gasteiger partial charge in [-0.3, -0.25) is 4.98 Å². The third-order valence-electron chi connectivity index (χ3n) is 1.68. The van der Waals surface area contributed by atoms with E-state index in [4.69, 9.17) is 0 Å². The smallest absolute Gasteiger partial charge is 0.304 e. The van der Waals surface area contributed by atoms with Crippen molar-refractivity contribution < 1.29 is 0 Å². The molecule has 14 heavy (non-hydrogen) atoms. The monoisotopic (exact) mass is 251 g/mol. The van der Waals surface area contributed by atoms with Gasteiger partial charge in [0.25, 0.3) is 0 Å². The number of pyridine rings is 1. The van der Waals surface area contributed by atoms with Crippen LogP contribution in [0.15, 0.2) is 39.9 Å². The summed E-state index contributed by atoms with van der Waals surface area (Å²) in [7, 11) is 0. The van der Waals surface area contributed by atoms with Crippen LogP contribution in [-0.2, 0) is 0 Å². The Morgan fingerprint density at radius 3 is 2.71 bits per heavy atom. The Balaban J connectivity index is 2.50. The number of aromatic nitrogens is 3. The first-order chi connectivity index (χ1) is 6.75. The zero-order valence-electron chi connectivity index (χ0n) is 7.07. The molecule has 2 aromatic rings. The van der Waals surface area contributed by atoms with Gasteiger partial charge in [0.2, 0.25) is 0 Å². The maximum atomic E-state index is 10.9. The number of nitrogens with one attached hydrogen (secondary N) is 1. The zero-order valence-corrected chi connectivity index (χ0v) is 8.65. The standard InChI is InChI=1S/C9H6BrN3O/c10-6-1-2-7(12-5-6)8-3-4-11-9(14)13-8/h1-5H,(H,11,13,14). The summed E-state index contributed by atoms with van der Waals surface area (Å²) in [6, 6.07) is 5.38. The quantitative estimate of drug-likeness (QED) is 0.838. The zero-order chi connectivity index (χ0) is 9.97. The summed E-state index contributed by atoms with van der Waals surface area (Å²) in [5, 5.41) is 0. The van der Waals surface area contributed by atoms with Gasteiger partial charge in [0.15, 0.2) is 0 Å². The molecule has 0 aromatic carbocycles. The van der Waals surface area contributed by atoms with Gasteiger partial charge in [-0.1, -0.05) is 0 Å². The fraction of sp³-hybridized carbons (Fsp3) is 0. The first kappa shape index (κ1) is 9.08. The highest BCUT2D eigenvalue weighted by atomic mass is 79.9. The molecule has 0 radical (unpaired) electrons. The predicted molar refractivity (Wildman–Crippen MR) is 55.8 cm³/mol. The Labute approximate surface area is 88.2 Å². The molecule has 5 heteroatoms. The molecule has 0 aliphatic heterocycles. The molecule has 70 valence electrons. The Morgan fingerprint density at radius 1 is 1.21 bits per heavy atom. The van der Waals surface area contributed by atoms with Gasteiger partial charge in [-0.25, -0.2) is 9.78 Å². The van der Waals surface area contributed by atoms with E-state index in [0.717, 1.165) is 4.47 Å². The second kappa shape index (κ2) is 3.71. The van der Waals surface area contributed by atoms with Crippen molar-refractivity contribution in [3.8, 4) is 11.4 Å². The largest absolute Gasteiger partial charge is 0.345 e. The SMILES string of the molecule is O=c1nccc(-c2ccc(Br)cn2)[nH]1. The number of rotatable bonds is 1. The van der Waals surface area contributed by atoms with Crippen molar-refractivity contribution in [1.29, 1.82) is 0 Å². The first-order valence-electron chi connectivity index (χ1n) is 3.93. The van der Waals surface area contributed by atoms with Crippen LogP contribution in [0.3, 0.4) is 0 Å². The van der Waals surface area contributed by atoms with Crippen molar-refractivity contribution in [2.45, 2.75) is 0 Å². The van der Waals surface area contributed by atoms with Crippen LogP contribution in [0.4, 0.5) is 0 Å². The lowest BCUT2D eigenvalue weighted by Gasteiger charge is -1.98. The highest BCUT2D eigenvalue weighted by Crippen LogP contribution is 2.14. The summed E-state index contributed by atoms with van der Waals surface area (Å²) in [6.45, 7) is 0. The predicted octanol–water partition coefficient (Wildman–Crippen LogP) is 1.59. The highest BCUT2D eigenvalue weighted by Gasteiger charge is 1.99. The lowest BCUT2D eigenvalue weighted by molar-refractivity contribution is 1.07. The lowest BCUT2D eigenvalue weighted by Crippen LogP contribution is -2.09. The van der Waals surface area contributed by atoms with Crippen LogP contribution in [0.25, 0.3) is 11.4 Å². The number of nitrogens with zero attached hydrogens (tertiary/aromatic N) is 2. The maximum Gasteiger partial charge on any atom is 0.345 e. The van der Waals surface area contributed by atoms with Gasteiger partial charge in [-0.15, -0.1) is 0 Å². The summed E-state index contributed by atoms with van der Waals surface area (Å²) in [5.41, 5.74) is 1.01. The van der Waals surface area contributed by atoms with E-state index >= 15 is 0 Å². The molecule has 0 bridgehead atoms. The number of hydrogen-bond acceptors (Lipinski definition) is 3. The number of hydrogen-bond donors (Lipinski definition) is 1. The van der Waals surface area contributed by atoms with E-state index in [2.05, 4.69) is 30.9 Å². The van der Waals surface area contributed by atoms with E-state index in [-0.39, 0.29) is 5.69 Å². The molecular weight excluding hydrogens is 246 g/mol. The molecule has 0 saturated heterocycles. The number of H-pyrrole nitrogens is 1. The van der Waals surface area contributed by atoms with E-state index in [0.29, 0.717) is 11.4 Å². The van der Waals surface area contributed by atoms with Crippen molar-refractivity contribution in [3.63, 3.8) is 0 Å². The van der Waals surface area contributed by atoms with Gasteiger partial charge in [0.05, 0.1) is 11.4 Å². The molecule has 0 spiro atoms. The molecule has 0 atom stereocenters. The van der Waals surface area contributed by atoms with Crippen molar-refractivity contribution >= 4 is 15.9 Å². The average molecular weight is 252 g/mol. The summed E-state index contributed by atoms with van der Waals surface area (Å²) >= 11 is 3.29. The molecule has 0 unspecified atom stereocenters. The van der Waals surface area contributed by atoms with E-state index in [9.17, 15) is 4.79 Å². The molecule has 1 N–H and O–H groups in total. The third kappa shape index (κ3) is 1.88. The Hall–Kier alpha value is -1.49. The molecule has 0 fully saturated rings. The van der Waals surface area contributed by atoms with Crippen LogP contribution in [0.5, 0.6) is 0 Å². The highest BCUT2D eigenvalue weighted by molar-refractivity contribution is 9.10. The summed E-state index contributed by atoms with van der Waals surface area (Å²) in [6.07, 6.45) is 3.13. The van der Waals surface area contributed by atoms with Crippen molar-refractivity contribution in [1.82, 2.24) is 15.0 Å². The average Bonchev–Trinajstić information content (AvgIpc) is 2.19. The second-order valence-electron chi connectivity index (χ2n) is 2.65. The lowest BCUT2D eigenvalue weighted by atomic mass is 10.3. The van der Waals surface area contributed by atoms with E-state index in [1.807, 2.05) is 12.1 Å². The van der Waals surface area contributed by atoms with Crippen LogP contribution < -0.4 is 5.69 Å². The van der Waals surface area contributed by atoms with Crippen LogP contribution in [0.1, 0.15) is 0 Å². The van der Waals surface area contributed by atoms with Crippen molar-refractivity contribution in [2.75, 3.05) is 0 Å². The molecule has 0 aliphatic carbocycles. The topological polar surface area (TPSA) is 58.6 Å². The third-order valence-corrected chi connectivity index (χ3v) is 2.15. The Kier molecular flexibility index (Phi) is 2.41. The first-order valence-corrected chi connectivity index (χ1v) is 4.72. The van der Waals surface area contributed by atoms with Gasteiger partial charge in [-0.2, -0.15) is 0 Å². The molecule has 0 saturated carbocycles. The van der Waals surface area contributed by atoms with Gasteiger partial charge < -0.3 is 4.98 Å². The van der Waals surface area contributed by atoms with E-state index in [1.54, 1.807) is 12.3 Å². The van der Waals surface area contributed by atoms with Crippen LogP contribution in [-0.4, -0.2) is 15.0 Å². The maximum absolute atomic E-state index is 10.9. The van der Waals surface area contributed by atoms with Gasteiger partial charge in [-0.05, 0) is 34.1 Å². The summed E-state index contributed by atoms with van der Waals surface area (Å²) in [5.74, 6) is 0. The molecule has 0 amide bonds.